The summed E-state index contributed by atoms with van der Waals surface area (Å²) in [5.41, 5.74) is 5.39. The Morgan fingerprint density at radius 2 is 1.83 bits per heavy atom. The summed E-state index contributed by atoms with van der Waals surface area (Å²) in [5, 5.41) is 0. The van der Waals surface area contributed by atoms with Crippen molar-refractivity contribution in [1.82, 2.24) is 0 Å². The molecule has 0 atom stereocenters. The first-order valence-electron chi connectivity index (χ1n) is 10.6. The SMILES string of the molecule is CCOC(=O)c1ccc(N(CC)c2cc3c(c(C(C)(C)C(C)C)c2)OCC3)cc1. The zero-order chi connectivity index (χ0) is 21.2. The van der Waals surface area contributed by atoms with Gasteiger partial charge in [0.25, 0.3) is 0 Å². The molecule has 0 bridgehead atoms. The van der Waals surface area contributed by atoms with Crippen molar-refractivity contribution >= 4 is 17.3 Å². The molecule has 0 radical (unpaired) electrons. The van der Waals surface area contributed by atoms with Crippen molar-refractivity contribution in [2.75, 3.05) is 24.7 Å². The molecule has 29 heavy (non-hydrogen) atoms. The van der Waals surface area contributed by atoms with Gasteiger partial charge in [-0.05, 0) is 67.1 Å². The maximum atomic E-state index is 12.0. The summed E-state index contributed by atoms with van der Waals surface area (Å²) in [7, 11) is 0. The van der Waals surface area contributed by atoms with Gasteiger partial charge in [-0.1, -0.05) is 27.7 Å². The van der Waals surface area contributed by atoms with Gasteiger partial charge in [0.1, 0.15) is 5.75 Å². The van der Waals surface area contributed by atoms with Crippen molar-refractivity contribution in [3.8, 4) is 5.75 Å². The Morgan fingerprint density at radius 3 is 2.41 bits per heavy atom. The maximum absolute atomic E-state index is 12.0. The van der Waals surface area contributed by atoms with Crippen LogP contribution < -0.4 is 9.64 Å². The molecule has 1 aliphatic rings. The number of esters is 1. The molecule has 4 nitrogen and oxygen atoms in total. The van der Waals surface area contributed by atoms with Gasteiger partial charge in [-0.25, -0.2) is 4.79 Å². The average Bonchev–Trinajstić information content (AvgIpc) is 3.17. The van der Waals surface area contributed by atoms with Crippen molar-refractivity contribution in [2.24, 2.45) is 5.92 Å². The minimum absolute atomic E-state index is 0.0115. The van der Waals surface area contributed by atoms with Gasteiger partial charge in [0.05, 0.1) is 18.8 Å². The second-order valence-electron chi connectivity index (χ2n) is 8.47. The van der Waals surface area contributed by atoms with Gasteiger partial charge < -0.3 is 14.4 Å². The lowest BCUT2D eigenvalue weighted by atomic mass is 9.74. The lowest BCUT2D eigenvalue weighted by Gasteiger charge is -2.33. The Kier molecular flexibility index (Phi) is 6.21. The number of carbonyl (C=O) groups is 1. The van der Waals surface area contributed by atoms with Crippen LogP contribution in [0.4, 0.5) is 11.4 Å². The van der Waals surface area contributed by atoms with Crippen LogP contribution >= 0.6 is 0 Å². The average molecular weight is 396 g/mol. The fraction of sp³-hybridized carbons (Fsp3) is 0.480. The highest BCUT2D eigenvalue weighted by Gasteiger charge is 2.32. The Morgan fingerprint density at radius 1 is 1.14 bits per heavy atom. The lowest BCUT2D eigenvalue weighted by molar-refractivity contribution is 0.0526. The molecule has 0 spiro atoms. The molecule has 1 heterocycles. The number of ether oxygens (including phenoxy) is 2. The molecular formula is C25H33NO3. The van der Waals surface area contributed by atoms with E-state index in [0.29, 0.717) is 18.1 Å². The standard InChI is InChI=1S/C25H33NO3/c1-7-26(20-11-9-18(10-12-20)24(27)28-8-2)21-15-19-13-14-29-23(19)22(16-21)25(5,6)17(3)4/h9-12,15-17H,7-8,13-14H2,1-6H3. The molecule has 1 aliphatic heterocycles. The monoisotopic (exact) mass is 395 g/mol. The highest BCUT2D eigenvalue weighted by Crippen LogP contribution is 2.44. The molecule has 2 aromatic rings. The minimum atomic E-state index is -0.280. The van der Waals surface area contributed by atoms with E-state index < -0.39 is 0 Å². The number of fused-ring (bicyclic) bond motifs is 1. The highest BCUT2D eigenvalue weighted by molar-refractivity contribution is 5.90. The van der Waals surface area contributed by atoms with Crippen molar-refractivity contribution in [3.05, 3.63) is 53.1 Å². The summed E-state index contributed by atoms with van der Waals surface area (Å²) in [6.45, 7) is 15.1. The van der Waals surface area contributed by atoms with Crippen LogP contribution in [0.15, 0.2) is 36.4 Å². The van der Waals surface area contributed by atoms with Gasteiger partial charge in [-0.3, -0.25) is 0 Å². The smallest absolute Gasteiger partial charge is 0.338 e. The third-order valence-corrected chi connectivity index (χ3v) is 6.22. The largest absolute Gasteiger partial charge is 0.493 e. The molecule has 0 amide bonds. The molecule has 4 heteroatoms. The van der Waals surface area contributed by atoms with Crippen molar-refractivity contribution < 1.29 is 14.3 Å². The second kappa shape index (κ2) is 8.48. The van der Waals surface area contributed by atoms with E-state index >= 15 is 0 Å². The molecule has 0 aliphatic carbocycles. The summed E-state index contributed by atoms with van der Waals surface area (Å²) in [6.07, 6.45) is 0.948. The van der Waals surface area contributed by atoms with Crippen LogP contribution in [-0.4, -0.2) is 25.7 Å². The predicted molar refractivity (Wildman–Crippen MR) is 119 cm³/mol. The van der Waals surface area contributed by atoms with E-state index in [-0.39, 0.29) is 11.4 Å². The minimum Gasteiger partial charge on any atom is -0.493 e. The van der Waals surface area contributed by atoms with Gasteiger partial charge in [0, 0.05) is 29.9 Å². The van der Waals surface area contributed by atoms with E-state index in [0.717, 1.165) is 31.0 Å². The molecule has 0 unspecified atom stereocenters. The molecule has 156 valence electrons. The van der Waals surface area contributed by atoms with Gasteiger partial charge in [0.2, 0.25) is 0 Å². The van der Waals surface area contributed by atoms with E-state index in [1.54, 1.807) is 0 Å². The van der Waals surface area contributed by atoms with E-state index in [4.69, 9.17) is 9.47 Å². The normalized spacial score (nSPS) is 13.2. The van der Waals surface area contributed by atoms with Crippen LogP contribution in [0.1, 0.15) is 63.0 Å². The molecule has 0 fully saturated rings. The Bertz CT molecular complexity index is 868. The van der Waals surface area contributed by atoms with Crippen LogP contribution in [0.3, 0.4) is 0 Å². The van der Waals surface area contributed by atoms with Gasteiger partial charge in [0.15, 0.2) is 0 Å². The summed E-state index contributed by atoms with van der Waals surface area (Å²) in [5.74, 6) is 1.28. The molecule has 0 saturated heterocycles. The fourth-order valence-corrected chi connectivity index (χ4v) is 3.74. The molecular weight excluding hydrogens is 362 g/mol. The van der Waals surface area contributed by atoms with Crippen molar-refractivity contribution in [3.63, 3.8) is 0 Å². The Labute approximate surface area is 174 Å². The van der Waals surface area contributed by atoms with Crippen LogP contribution in [0, 0.1) is 5.92 Å². The van der Waals surface area contributed by atoms with Gasteiger partial charge in [-0.2, -0.15) is 0 Å². The molecule has 3 rings (SSSR count). The van der Waals surface area contributed by atoms with E-state index in [9.17, 15) is 4.79 Å². The summed E-state index contributed by atoms with van der Waals surface area (Å²) in [6, 6.07) is 12.2. The quantitative estimate of drug-likeness (QED) is 0.548. The first-order valence-corrected chi connectivity index (χ1v) is 10.6. The van der Waals surface area contributed by atoms with Gasteiger partial charge in [-0.15, -0.1) is 0 Å². The number of nitrogens with zero attached hydrogens (tertiary/aromatic N) is 1. The Hall–Kier alpha value is -2.49. The predicted octanol–water partition coefficient (Wildman–Crippen LogP) is 5.89. The lowest BCUT2D eigenvalue weighted by Crippen LogP contribution is -2.26. The number of hydrogen-bond donors (Lipinski definition) is 0. The highest BCUT2D eigenvalue weighted by atomic mass is 16.5. The van der Waals surface area contributed by atoms with Crippen LogP contribution in [0.2, 0.25) is 0 Å². The summed E-state index contributed by atoms with van der Waals surface area (Å²) in [4.78, 5) is 14.2. The maximum Gasteiger partial charge on any atom is 0.338 e. The third-order valence-electron chi connectivity index (χ3n) is 6.22. The number of hydrogen-bond acceptors (Lipinski definition) is 4. The molecule has 0 saturated carbocycles. The molecule has 2 aromatic carbocycles. The summed E-state index contributed by atoms with van der Waals surface area (Å²) < 4.78 is 11.1. The van der Waals surface area contributed by atoms with E-state index in [1.807, 2.05) is 31.2 Å². The fourth-order valence-electron chi connectivity index (χ4n) is 3.74. The number of benzene rings is 2. The Balaban J connectivity index is 2.01. The second-order valence-corrected chi connectivity index (χ2v) is 8.47. The molecule has 0 N–H and O–H groups in total. The first-order chi connectivity index (χ1) is 13.8. The first kappa shape index (κ1) is 21.2. The summed E-state index contributed by atoms with van der Waals surface area (Å²) >= 11 is 0. The van der Waals surface area contributed by atoms with Crippen molar-refractivity contribution in [2.45, 2.75) is 53.4 Å². The van der Waals surface area contributed by atoms with Gasteiger partial charge >= 0.3 is 5.97 Å². The molecule has 0 aromatic heterocycles. The zero-order valence-electron chi connectivity index (χ0n) is 18.5. The van der Waals surface area contributed by atoms with Crippen LogP contribution in [0.25, 0.3) is 0 Å². The van der Waals surface area contributed by atoms with E-state index in [1.165, 1.54) is 16.8 Å². The van der Waals surface area contributed by atoms with Crippen LogP contribution in [0.5, 0.6) is 5.75 Å². The van der Waals surface area contributed by atoms with Crippen molar-refractivity contribution in [1.29, 1.82) is 0 Å². The number of anilines is 2. The zero-order valence-corrected chi connectivity index (χ0v) is 18.5. The number of rotatable bonds is 7. The topological polar surface area (TPSA) is 38.8 Å². The number of carbonyl (C=O) groups excluding carboxylic acids is 1. The van der Waals surface area contributed by atoms with E-state index in [2.05, 4.69) is 51.7 Å². The third kappa shape index (κ3) is 4.12. The van der Waals surface area contributed by atoms with Crippen LogP contribution in [-0.2, 0) is 16.6 Å².